The molecule has 0 aliphatic carbocycles. The largest absolute Gasteiger partial charge is 0.385 e. The minimum Gasteiger partial charge on any atom is -0.385 e. The number of fused-ring (bicyclic) bond motifs is 1. The van der Waals surface area contributed by atoms with Gasteiger partial charge in [0.2, 0.25) is 5.91 Å². The van der Waals surface area contributed by atoms with Crippen LogP contribution >= 0.6 is 23.2 Å². The smallest absolute Gasteiger partial charge is 0.257 e. The number of nitrogens with zero attached hydrogens (tertiary/aromatic N) is 3. The number of benzene rings is 2. The maximum atomic E-state index is 16.3. The van der Waals surface area contributed by atoms with Crippen LogP contribution < -0.4 is 0 Å². The molecule has 1 fully saturated rings. The van der Waals surface area contributed by atoms with E-state index in [-0.39, 0.29) is 29.5 Å². The highest BCUT2D eigenvalue weighted by atomic mass is 35.5. The lowest BCUT2D eigenvalue weighted by Crippen LogP contribution is -2.46. The average molecular weight is 586 g/mol. The van der Waals surface area contributed by atoms with Crippen molar-refractivity contribution in [1.29, 1.82) is 0 Å². The van der Waals surface area contributed by atoms with E-state index in [1.54, 1.807) is 54.3 Å². The summed E-state index contributed by atoms with van der Waals surface area (Å²) in [7, 11) is 1.42. The first kappa shape index (κ1) is 28.5. The van der Waals surface area contributed by atoms with Crippen LogP contribution in [0.3, 0.4) is 0 Å². The quantitative estimate of drug-likeness (QED) is 0.413. The van der Waals surface area contributed by atoms with Gasteiger partial charge in [0.15, 0.2) is 5.72 Å². The Morgan fingerprint density at radius 2 is 1.80 bits per heavy atom. The van der Waals surface area contributed by atoms with E-state index in [2.05, 4.69) is 4.98 Å². The minimum atomic E-state index is -1.61. The van der Waals surface area contributed by atoms with E-state index < -0.39 is 23.1 Å². The number of amides is 2. The molecule has 7 nitrogen and oxygen atoms in total. The molecule has 210 valence electrons. The first-order chi connectivity index (χ1) is 19.0. The van der Waals surface area contributed by atoms with Crippen LogP contribution in [0, 0.1) is 11.7 Å². The molecule has 0 bridgehead atoms. The number of hydrogen-bond acceptors (Lipinski definition) is 5. The number of aromatic nitrogens is 1. The molecule has 1 N–H and O–H groups in total. The van der Waals surface area contributed by atoms with E-state index in [9.17, 15) is 14.7 Å². The molecule has 3 heterocycles. The molecule has 10 heteroatoms. The van der Waals surface area contributed by atoms with Crippen LogP contribution in [0.25, 0.3) is 0 Å². The molecule has 1 unspecified atom stereocenters. The van der Waals surface area contributed by atoms with Crippen molar-refractivity contribution in [3.63, 3.8) is 0 Å². The Morgan fingerprint density at radius 3 is 2.38 bits per heavy atom. The number of piperidine rings is 1. The van der Waals surface area contributed by atoms with Crippen molar-refractivity contribution in [3.8, 4) is 0 Å². The van der Waals surface area contributed by atoms with Crippen molar-refractivity contribution in [1.82, 2.24) is 14.8 Å². The first-order valence-corrected chi connectivity index (χ1v) is 13.8. The normalized spacial score (nSPS) is 20.9. The van der Waals surface area contributed by atoms with Crippen LogP contribution in [0.15, 0.2) is 54.7 Å². The van der Waals surface area contributed by atoms with Gasteiger partial charge in [-0.25, -0.2) is 4.39 Å². The third-order valence-electron chi connectivity index (χ3n) is 8.24. The summed E-state index contributed by atoms with van der Waals surface area (Å²) in [5.74, 6) is -1.38. The van der Waals surface area contributed by atoms with Crippen molar-refractivity contribution in [2.24, 2.45) is 5.92 Å². The number of ether oxygens (including phenoxy) is 1. The maximum absolute atomic E-state index is 16.3. The second-order valence-electron chi connectivity index (χ2n) is 10.5. The van der Waals surface area contributed by atoms with E-state index >= 15 is 4.39 Å². The summed E-state index contributed by atoms with van der Waals surface area (Å²) in [6, 6.07) is 12.9. The van der Waals surface area contributed by atoms with Crippen molar-refractivity contribution < 1.29 is 23.8 Å². The van der Waals surface area contributed by atoms with Crippen LogP contribution in [0.4, 0.5) is 4.39 Å². The van der Waals surface area contributed by atoms with Gasteiger partial charge in [-0.1, -0.05) is 35.3 Å². The van der Waals surface area contributed by atoms with Gasteiger partial charge in [0, 0.05) is 43.9 Å². The molecule has 40 heavy (non-hydrogen) atoms. The second-order valence-corrected chi connectivity index (χ2v) is 11.4. The molecule has 2 atom stereocenters. The summed E-state index contributed by atoms with van der Waals surface area (Å²) in [6.45, 7) is 4.19. The highest BCUT2D eigenvalue weighted by Crippen LogP contribution is 2.49. The molecule has 5 rings (SSSR count). The van der Waals surface area contributed by atoms with Gasteiger partial charge in [-0.3, -0.25) is 19.5 Å². The molecule has 3 aromatic rings. The van der Waals surface area contributed by atoms with Gasteiger partial charge in [0.1, 0.15) is 5.82 Å². The SMILES string of the molecule is CO[C@]1(c2ccc(Cl)cc2)c2c(F)cc(C(C)(O)C3CCN(C(C)=O)CC3)cc2C(=O)N1Cc1ccc(Cl)cn1. The topological polar surface area (TPSA) is 83.0 Å². The molecule has 2 amide bonds. The first-order valence-electron chi connectivity index (χ1n) is 13.0. The molecule has 2 aliphatic rings. The Bertz CT molecular complexity index is 1440. The Morgan fingerprint density at radius 1 is 1.15 bits per heavy atom. The van der Waals surface area contributed by atoms with Crippen molar-refractivity contribution in [2.75, 3.05) is 20.2 Å². The number of aliphatic hydroxyl groups is 1. The molecule has 0 spiro atoms. The van der Waals surface area contributed by atoms with Gasteiger partial charge in [-0.2, -0.15) is 0 Å². The number of rotatable bonds is 6. The van der Waals surface area contributed by atoms with Gasteiger partial charge in [0.05, 0.1) is 34.0 Å². The predicted octanol–water partition coefficient (Wildman–Crippen LogP) is 5.50. The standard InChI is InChI=1S/C30H30Cl2FN3O4/c1-18(37)35-12-10-19(11-13-35)29(2,39)21-14-25-27(26(33)15-21)30(40-3,20-4-6-22(31)7-5-20)36(28(25)38)17-24-9-8-23(32)16-34-24/h4-9,14-16,19,39H,10-13,17H2,1-3H3/t29?,30-/m1/s1. The van der Waals surface area contributed by atoms with Crippen LogP contribution in [0.2, 0.25) is 10.0 Å². The zero-order valence-corrected chi connectivity index (χ0v) is 24.0. The Hall–Kier alpha value is -3.04. The fraction of sp³-hybridized carbons (Fsp3) is 0.367. The van der Waals surface area contributed by atoms with Crippen molar-refractivity contribution in [2.45, 2.75) is 44.6 Å². The molecule has 2 aliphatic heterocycles. The van der Waals surface area contributed by atoms with Crippen LogP contribution in [-0.4, -0.2) is 51.9 Å². The minimum absolute atomic E-state index is 0.00974. The number of hydrogen-bond donors (Lipinski definition) is 1. The Labute approximate surface area is 242 Å². The summed E-state index contributed by atoms with van der Waals surface area (Å²) in [5, 5.41) is 12.6. The molecule has 0 saturated carbocycles. The Kier molecular flexibility index (Phi) is 7.65. The maximum Gasteiger partial charge on any atom is 0.257 e. The number of likely N-dealkylation sites (tertiary alicyclic amines) is 1. The van der Waals surface area contributed by atoms with Gasteiger partial charge in [-0.15, -0.1) is 0 Å². The lowest BCUT2D eigenvalue weighted by atomic mass is 9.76. The van der Waals surface area contributed by atoms with Crippen LogP contribution in [-0.2, 0) is 27.4 Å². The van der Waals surface area contributed by atoms with Crippen molar-refractivity contribution >= 4 is 35.0 Å². The van der Waals surface area contributed by atoms with Gasteiger partial charge >= 0.3 is 0 Å². The number of halogens is 3. The van der Waals surface area contributed by atoms with E-state index in [0.29, 0.717) is 52.8 Å². The number of methoxy groups -OCH3 is 1. The monoisotopic (exact) mass is 585 g/mol. The average Bonchev–Trinajstić information content (AvgIpc) is 3.18. The van der Waals surface area contributed by atoms with E-state index in [1.807, 2.05) is 0 Å². The molecular weight excluding hydrogens is 556 g/mol. The second kappa shape index (κ2) is 10.7. The lowest BCUT2D eigenvalue weighted by molar-refractivity contribution is -0.132. The van der Waals surface area contributed by atoms with Gasteiger partial charge < -0.3 is 14.7 Å². The summed E-state index contributed by atoms with van der Waals surface area (Å²) >= 11 is 12.2. The third-order valence-corrected chi connectivity index (χ3v) is 8.72. The zero-order valence-electron chi connectivity index (χ0n) is 22.5. The fourth-order valence-corrected chi connectivity index (χ4v) is 6.22. The summed E-state index contributed by atoms with van der Waals surface area (Å²) < 4.78 is 22.4. The lowest BCUT2D eigenvalue weighted by Gasteiger charge is -2.40. The van der Waals surface area contributed by atoms with Gasteiger partial charge in [-0.05, 0) is 67.6 Å². The molecule has 1 aromatic heterocycles. The highest BCUT2D eigenvalue weighted by molar-refractivity contribution is 6.30. The third kappa shape index (κ3) is 4.77. The predicted molar refractivity (Wildman–Crippen MR) is 149 cm³/mol. The van der Waals surface area contributed by atoms with Crippen LogP contribution in [0.5, 0.6) is 0 Å². The van der Waals surface area contributed by atoms with Crippen molar-refractivity contribution in [3.05, 3.63) is 98.5 Å². The van der Waals surface area contributed by atoms with E-state index in [0.717, 1.165) is 0 Å². The summed E-state index contributed by atoms with van der Waals surface area (Å²) in [4.78, 5) is 33.4. The fourth-order valence-electron chi connectivity index (χ4n) is 5.98. The number of carbonyl (C=O) groups is 2. The number of pyridine rings is 1. The van der Waals surface area contributed by atoms with E-state index in [4.69, 9.17) is 27.9 Å². The Balaban J connectivity index is 1.61. The summed E-state index contributed by atoms with van der Waals surface area (Å²) in [6.07, 6.45) is 2.59. The highest BCUT2D eigenvalue weighted by Gasteiger charge is 2.54. The van der Waals surface area contributed by atoms with E-state index in [1.165, 1.54) is 31.2 Å². The molecule has 1 saturated heterocycles. The zero-order chi connectivity index (χ0) is 28.8. The molecule has 2 aromatic carbocycles. The van der Waals surface area contributed by atoms with Crippen LogP contribution in [0.1, 0.15) is 59.4 Å². The molecule has 0 radical (unpaired) electrons. The summed E-state index contributed by atoms with van der Waals surface area (Å²) in [5.41, 5.74) is -1.54. The molecular formula is C30H30Cl2FN3O4. The number of carbonyl (C=O) groups excluding carboxylic acids is 2. The van der Waals surface area contributed by atoms with Gasteiger partial charge in [0.25, 0.3) is 5.91 Å².